The number of rotatable bonds is 8. The fraction of sp³-hybridized carbons (Fsp3) is 0.533. The minimum Gasteiger partial charge on any atom is -0.492 e. The molecule has 0 radical (unpaired) electrons. The minimum absolute atomic E-state index is 0.00301. The Morgan fingerprint density at radius 1 is 1.11 bits per heavy atom. The lowest BCUT2D eigenvalue weighted by molar-refractivity contribution is -0.143. The van der Waals surface area contributed by atoms with Crippen LogP contribution >= 0.6 is 0 Å². The molecule has 1 N–H and O–H groups in total. The van der Waals surface area contributed by atoms with Gasteiger partial charge in [0.2, 0.25) is 5.91 Å². The summed E-state index contributed by atoms with van der Waals surface area (Å²) in [6.45, 7) is 17.4. The Labute approximate surface area is 210 Å². The van der Waals surface area contributed by atoms with E-state index in [0.717, 1.165) is 33.7 Å². The van der Waals surface area contributed by atoms with Crippen LogP contribution in [0.2, 0.25) is 0 Å². The third-order valence-corrected chi connectivity index (χ3v) is 6.71. The summed E-state index contributed by atoms with van der Waals surface area (Å²) in [6, 6.07) is 8.76. The predicted octanol–water partition coefficient (Wildman–Crippen LogP) is 6.82. The summed E-state index contributed by atoms with van der Waals surface area (Å²) in [5, 5.41) is 3.20. The molecule has 1 unspecified atom stereocenters. The van der Waals surface area contributed by atoms with Crippen LogP contribution in [0.25, 0.3) is 0 Å². The van der Waals surface area contributed by atoms with Crippen molar-refractivity contribution in [2.24, 2.45) is 5.41 Å². The zero-order valence-electron chi connectivity index (χ0n) is 22.6. The van der Waals surface area contributed by atoms with E-state index in [-0.39, 0.29) is 29.6 Å². The van der Waals surface area contributed by atoms with E-state index < -0.39 is 0 Å². The molecule has 35 heavy (non-hydrogen) atoms. The Hall–Kier alpha value is -2.82. The summed E-state index contributed by atoms with van der Waals surface area (Å²) in [5.41, 5.74) is 7.31. The van der Waals surface area contributed by atoms with Crippen molar-refractivity contribution in [1.29, 1.82) is 0 Å². The molecule has 1 aliphatic heterocycles. The molecule has 1 heterocycles. The van der Waals surface area contributed by atoms with Crippen LogP contribution in [0.4, 0.5) is 5.69 Å². The number of esters is 1. The molecule has 1 aliphatic rings. The van der Waals surface area contributed by atoms with Crippen molar-refractivity contribution in [3.63, 3.8) is 0 Å². The predicted molar refractivity (Wildman–Crippen MR) is 141 cm³/mol. The molecule has 0 bridgehead atoms. The Bertz CT molecular complexity index is 1080. The normalized spacial score (nSPS) is 15.1. The number of fused-ring (bicyclic) bond motifs is 1. The zero-order chi connectivity index (χ0) is 25.9. The average Bonchev–Trinajstić information content (AvgIpc) is 3.20. The Morgan fingerprint density at radius 2 is 1.77 bits per heavy atom. The standard InChI is InChI=1S/C30H41NO4/c1-9-34-26(33)15-14-23-19(4)28(31-25(32)16-30(6,7)8)20(5)27-24(17-35-29(23)27)22-12-10-21(11-13-22)18(2)3/h10-13,18,24H,9,14-17H2,1-8H3,(H,31,32). The van der Waals surface area contributed by atoms with Gasteiger partial charge in [0.05, 0.1) is 13.2 Å². The van der Waals surface area contributed by atoms with E-state index in [4.69, 9.17) is 9.47 Å². The van der Waals surface area contributed by atoms with Crippen LogP contribution in [-0.2, 0) is 20.7 Å². The molecule has 0 saturated heterocycles. The van der Waals surface area contributed by atoms with E-state index in [9.17, 15) is 9.59 Å². The van der Waals surface area contributed by atoms with Gasteiger partial charge in [-0.25, -0.2) is 0 Å². The van der Waals surface area contributed by atoms with Gasteiger partial charge in [-0.1, -0.05) is 58.9 Å². The maximum Gasteiger partial charge on any atom is 0.306 e. The molecule has 190 valence electrons. The van der Waals surface area contributed by atoms with Gasteiger partial charge in [-0.05, 0) is 60.8 Å². The lowest BCUT2D eigenvalue weighted by atomic mass is 9.84. The fourth-order valence-electron chi connectivity index (χ4n) is 4.89. The number of hydrogen-bond acceptors (Lipinski definition) is 4. The number of carbonyl (C=O) groups is 2. The molecule has 5 nitrogen and oxygen atoms in total. The maximum absolute atomic E-state index is 12.9. The van der Waals surface area contributed by atoms with Crippen LogP contribution < -0.4 is 10.1 Å². The summed E-state index contributed by atoms with van der Waals surface area (Å²) in [4.78, 5) is 25.1. The first-order valence-electron chi connectivity index (χ1n) is 12.8. The highest BCUT2D eigenvalue weighted by molar-refractivity contribution is 5.94. The molecular weight excluding hydrogens is 438 g/mol. The van der Waals surface area contributed by atoms with Crippen LogP contribution in [0.5, 0.6) is 5.75 Å². The number of nitrogens with one attached hydrogen (secondary N) is 1. The van der Waals surface area contributed by atoms with E-state index in [2.05, 4.69) is 71.1 Å². The number of carbonyl (C=O) groups excluding carboxylic acids is 2. The van der Waals surface area contributed by atoms with E-state index >= 15 is 0 Å². The Balaban J connectivity index is 2.06. The summed E-state index contributed by atoms with van der Waals surface area (Å²) >= 11 is 0. The third kappa shape index (κ3) is 6.25. The molecule has 0 spiro atoms. The fourth-order valence-corrected chi connectivity index (χ4v) is 4.89. The quantitative estimate of drug-likeness (QED) is 0.422. The first-order chi connectivity index (χ1) is 16.4. The first kappa shape index (κ1) is 26.8. The van der Waals surface area contributed by atoms with Gasteiger partial charge in [0, 0.05) is 35.6 Å². The number of amides is 1. The molecule has 2 aromatic carbocycles. The lowest BCUT2D eigenvalue weighted by Crippen LogP contribution is -2.21. The second-order valence-electron chi connectivity index (χ2n) is 11.1. The van der Waals surface area contributed by atoms with Crippen LogP contribution in [0.1, 0.15) is 99.6 Å². The summed E-state index contributed by atoms with van der Waals surface area (Å²) < 4.78 is 11.5. The summed E-state index contributed by atoms with van der Waals surface area (Å²) in [5.74, 6) is 1.18. The third-order valence-electron chi connectivity index (χ3n) is 6.71. The summed E-state index contributed by atoms with van der Waals surface area (Å²) in [6.07, 6.45) is 1.21. The second kappa shape index (κ2) is 10.8. The number of hydrogen-bond donors (Lipinski definition) is 1. The SMILES string of the molecule is CCOC(=O)CCc1c(C)c(NC(=O)CC(C)(C)C)c(C)c2c1OCC2c1ccc(C(C)C)cc1. The van der Waals surface area contributed by atoms with Crippen molar-refractivity contribution in [3.8, 4) is 5.75 Å². The highest BCUT2D eigenvalue weighted by Gasteiger charge is 2.33. The van der Waals surface area contributed by atoms with E-state index in [1.54, 1.807) is 0 Å². The van der Waals surface area contributed by atoms with Crippen LogP contribution in [0.15, 0.2) is 24.3 Å². The topological polar surface area (TPSA) is 64.6 Å². The molecule has 5 heteroatoms. The number of ether oxygens (including phenoxy) is 2. The van der Waals surface area contributed by atoms with Gasteiger partial charge in [0.25, 0.3) is 0 Å². The van der Waals surface area contributed by atoms with Gasteiger partial charge in [-0.2, -0.15) is 0 Å². The first-order valence-corrected chi connectivity index (χ1v) is 12.8. The maximum atomic E-state index is 12.9. The van der Waals surface area contributed by atoms with Gasteiger partial charge in [0.1, 0.15) is 5.75 Å². The van der Waals surface area contributed by atoms with Crippen LogP contribution in [-0.4, -0.2) is 25.1 Å². The van der Waals surface area contributed by atoms with Gasteiger partial charge in [-0.3, -0.25) is 9.59 Å². The van der Waals surface area contributed by atoms with Gasteiger partial charge in [-0.15, -0.1) is 0 Å². The molecule has 3 rings (SSSR count). The lowest BCUT2D eigenvalue weighted by Gasteiger charge is -2.23. The van der Waals surface area contributed by atoms with E-state index in [0.29, 0.717) is 32.0 Å². The molecule has 0 aromatic heterocycles. The van der Waals surface area contributed by atoms with Crippen molar-refractivity contribution < 1.29 is 19.1 Å². The molecule has 1 atom stereocenters. The van der Waals surface area contributed by atoms with Gasteiger partial charge in [0.15, 0.2) is 0 Å². The Kier molecular flexibility index (Phi) is 8.30. The second-order valence-corrected chi connectivity index (χ2v) is 11.1. The molecule has 0 saturated carbocycles. The van der Waals surface area contributed by atoms with E-state index in [1.165, 1.54) is 11.1 Å². The van der Waals surface area contributed by atoms with E-state index in [1.807, 2.05) is 13.8 Å². The summed E-state index contributed by atoms with van der Waals surface area (Å²) in [7, 11) is 0. The average molecular weight is 480 g/mol. The molecule has 1 amide bonds. The van der Waals surface area contributed by atoms with Crippen molar-refractivity contribution in [1.82, 2.24) is 0 Å². The van der Waals surface area contributed by atoms with Crippen molar-refractivity contribution in [2.45, 2.75) is 86.5 Å². The number of benzene rings is 2. The van der Waals surface area contributed by atoms with Gasteiger partial charge >= 0.3 is 5.97 Å². The molecule has 0 fully saturated rings. The van der Waals surface area contributed by atoms with Crippen LogP contribution in [0.3, 0.4) is 0 Å². The molecule has 0 aliphatic carbocycles. The number of anilines is 1. The minimum atomic E-state index is -0.224. The Morgan fingerprint density at radius 3 is 2.34 bits per heavy atom. The monoisotopic (exact) mass is 479 g/mol. The molecule has 2 aromatic rings. The van der Waals surface area contributed by atoms with Gasteiger partial charge < -0.3 is 14.8 Å². The molecular formula is C30H41NO4. The highest BCUT2D eigenvalue weighted by Crippen LogP contribution is 2.47. The smallest absolute Gasteiger partial charge is 0.306 e. The zero-order valence-corrected chi connectivity index (χ0v) is 22.6. The van der Waals surface area contributed by atoms with Crippen molar-refractivity contribution in [2.75, 3.05) is 18.5 Å². The largest absolute Gasteiger partial charge is 0.492 e. The van der Waals surface area contributed by atoms with Crippen LogP contribution in [0, 0.1) is 19.3 Å². The van der Waals surface area contributed by atoms with Crippen molar-refractivity contribution in [3.05, 3.63) is 57.6 Å². The highest BCUT2D eigenvalue weighted by atomic mass is 16.5. The van der Waals surface area contributed by atoms with Crippen molar-refractivity contribution >= 4 is 17.6 Å².